The lowest BCUT2D eigenvalue weighted by molar-refractivity contribution is 0.452. The van der Waals surface area contributed by atoms with Crippen molar-refractivity contribution in [1.82, 2.24) is 0 Å². The lowest BCUT2D eigenvalue weighted by Crippen LogP contribution is -2.10. The molecule has 0 bridgehead atoms. The number of phenolic OH excluding ortho intramolecular Hbond substituents is 3. The number of anilines is 3. The zero-order valence-electron chi connectivity index (χ0n) is 18.2. The largest absolute Gasteiger partial charge is 0.508 e. The van der Waals surface area contributed by atoms with Crippen molar-refractivity contribution in [1.29, 1.82) is 0 Å². The van der Waals surface area contributed by atoms with Gasteiger partial charge in [-0.25, -0.2) is 0 Å². The zero-order valence-corrected chi connectivity index (χ0v) is 18.2. The highest BCUT2D eigenvalue weighted by Gasteiger charge is 2.16. The van der Waals surface area contributed by atoms with Crippen LogP contribution in [-0.2, 0) is 0 Å². The van der Waals surface area contributed by atoms with Crippen LogP contribution in [0, 0.1) is 20.8 Å². The summed E-state index contributed by atoms with van der Waals surface area (Å²) in [6, 6.07) is 23.6. The molecular formula is C27H25NO4. The topological polar surface area (TPSA) is 73.2 Å². The lowest BCUT2D eigenvalue weighted by Gasteiger charge is -2.27. The van der Waals surface area contributed by atoms with Gasteiger partial charge in [0.1, 0.15) is 28.7 Å². The first kappa shape index (κ1) is 21.1. The predicted octanol–water partition coefficient (Wildman–Crippen LogP) is 6.99. The van der Waals surface area contributed by atoms with E-state index in [1.54, 1.807) is 24.3 Å². The van der Waals surface area contributed by atoms with Crippen molar-refractivity contribution < 1.29 is 20.1 Å². The fourth-order valence-corrected chi connectivity index (χ4v) is 3.48. The highest BCUT2D eigenvalue weighted by Crippen LogP contribution is 2.39. The van der Waals surface area contributed by atoms with Crippen LogP contribution in [0.1, 0.15) is 16.7 Å². The Hall–Kier alpha value is -4.12. The van der Waals surface area contributed by atoms with Crippen molar-refractivity contribution in [2.45, 2.75) is 20.8 Å². The number of ether oxygens (including phenoxy) is 1. The maximum atomic E-state index is 10.0. The number of phenols is 3. The van der Waals surface area contributed by atoms with E-state index in [0.29, 0.717) is 11.5 Å². The molecule has 3 N–H and O–H groups in total. The van der Waals surface area contributed by atoms with Crippen LogP contribution in [-0.4, -0.2) is 15.3 Å². The first-order chi connectivity index (χ1) is 15.3. The molecule has 0 amide bonds. The molecule has 32 heavy (non-hydrogen) atoms. The van der Waals surface area contributed by atoms with Gasteiger partial charge in [0.2, 0.25) is 0 Å². The second kappa shape index (κ2) is 8.55. The van der Waals surface area contributed by atoms with E-state index < -0.39 is 0 Å². The average Bonchev–Trinajstić information content (AvgIpc) is 2.76. The molecule has 0 atom stereocenters. The Kier molecular flexibility index (Phi) is 5.65. The molecule has 162 valence electrons. The fourth-order valence-electron chi connectivity index (χ4n) is 3.48. The summed E-state index contributed by atoms with van der Waals surface area (Å²) in [7, 11) is 0. The summed E-state index contributed by atoms with van der Waals surface area (Å²) in [6.07, 6.45) is 0. The van der Waals surface area contributed by atoms with Crippen molar-refractivity contribution >= 4 is 17.1 Å². The third kappa shape index (κ3) is 4.32. The van der Waals surface area contributed by atoms with Crippen molar-refractivity contribution in [3.05, 3.63) is 95.6 Å². The Bertz CT molecular complexity index is 1230. The van der Waals surface area contributed by atoms with E-state index in [1.807, 2.05) is 80.3 Å². The Morgan fingerprint density at radius 2 is 1.09 bits per heavy atom. The van der Waals surface area contributed by atoms with Gasteiger partial charge in [-0.2, -0.15) is 0 Å². The lowest BCUT2D eigenvalue weighted by atomic mass is 10.1. The van der Waals surface area contributed by atoms with Gasteiger partial charge in [-0.3, -0.25) is 0 Å². The number of hydrogen-bond acceptors (Lipinski definition) is 5. The fraction of sp³-hybridized carbons (Fsp3) is 0.111. The maximum Gasteiger partial charge on any atom is 0.131 e. The number of aryl methyl sites for hydroxylation is 3. The highest BCUT2D eigenvalue weighted by molar-refractivity contribution is 5.78. The molecule has 0 saturated heterocycles. The second-order valence-electron chi connectivity index (χ2n) is 7.82. The predicted molar refractivity (Wildman–Crippen MR) is 127 cm³/mol. The van der Waals surface area contributed by atoms with Gasteiger partial charge in [-0.1, -0.05) is 12.1 Å². The summed E-state index contributed by atoms with van der Waals surface area (Å²) < 4.78 is 6.00. The van der Waals surface area contributed by atoms with Gasteiger partial charge in [0.25, 0.3) is 0 Å². The standard InChI is InChI=1S/C27H25NO4/c1-17-7-10-24(16-27(17)31)32-23-6-4-5-20(15-23)28(21-8-11-25(29)18(2)13-21)22-9-12-26(30)19(3)14-22/h4-16,29-31H,1-3H3. The molecule has 0 aliphatic rings. The minimum absolute atomic E-state index is 0.180. The first-order valence-corrected chi connectivity index (χ1v) is 10.3. The van der Waals surface area contributed by atoms with E-state index >= 15 is 0 Å². The summed E-state index contributed by atoms with van der Waals surface area (Å²) >= 11 is 0. The van der Waals surface area contributed by atoms with Gasteiger partial charge in [-0.15, -0.1) is 0 Å². The van der Waals surface area contributed by atoms with Gasteiger partial charge in [-0.05, 0) is 92.1 Å². The number of aromatic hydroxyl groups is 3. The third-order valence-corrected chi connectivity index (χ3v) is 5.37. The average molecular weight is 428 g/mol. The summed E-state index contributed by atoms with van der Waals surface area (Å²) in [4.78, 5) is 2.03. The molecule has 0 fully saturated rings. The second-order valence-corrected chi connectivity index (χ2v) is 7.82. The molecule has 5 nitrogen and oxygen atoms in total. The van der Waals surface area contributed by atoms with Crippen LogP contribution in [0.5, 0.6) is 28.7 Å². The summed E-state index contributed by atoms with van der Waals surface area (Å²) in [5.41, 5.74) is 4.85. The first-order valence-electron chi connectivity index (χ1n) is 10.3. The van der Waals surface area contributed by atoms with Gasteiger partial charge in [0.15, 0.2) is 0 Å². The molecule has 4 aromatic carbocycles. The molecule has 0 saturated carbocycles. The van der Waals surface area contributed by atoms with Crippen LogP contribution in [0.15, 0.2) is 78.9 Å². The number of hydrogen-bond donors (Lipinski definition) is 3. The third-order valence-electron chi connectivity index (χ3n) is 5.37. The van der Waals surface area contributed by atoms with Crippen molar-refractivity contribution in [2.75, 3.05) is 4.90 Å². The van der Waals surface area contributed by atoms with Crippen LogP contribution in [0.4, 0.5) is 17.1 Å². The molecular weight excluding hydrogens is 402 g/mol. The smallest absolute Gasteiger partial charge is 0.131 e. The van der Waals surface area contributed by atoms with Gasteiger partial charge >= 0.3 is 0 Å². The maximum absolute atomic E-state index is 10.0. The van der Waals surface area contributed by atoms with Gasteiger partial charge in [0, 0.05) is 29.2 Å². The SMILES string of the molecule is Cc1cc(N(c2cccc(Oc3ccc(C)c(O)c3)c2)c2ccc(O)c(C)c2)ccc1O. The van der Waals surface area contributed by atoms with E-state index in [4.69, 9.17) is 4.74 Å². The van der Waals surface area contributed by atoms with E-state index in [0.717, 1.165) is 33.8 Å². The molecule has 0 unspecified atom stereocenters. The molecule has 0 radical (unpaired) electrons. The monoisotopic (exact) mass is 427 g/mol. The van der Waals surface area contributed by atoms with E-state index in [2.05, 4.69) is 0 Å². The summed E-state index contributed by atoms with van der Waals surface area (Å²) in [6.45, 7) is 5.53. The Morgan fingerprint density at radius 3 is 1.66 bits per heavy atom. The van der Waals surface area contributed by atoms with Crippen LogP contribution in [0.3, 0.4) is 0 Å². The van der Waals surface area contributed by atoms with Crippen LogP contribution >= 0.6 is 0 Å². The highest BCUT2D eigenvalue weighted by atomic mass is 16.5. The molecule has 0 aliphatic heterocycles. The molecule has 5 heteroatoms. The van der Waals surface area contributed by atoms with Crippen molar-refractivity contribution in [2.24, 2.45) is 0 Å². The Labute approximate surface area is 187 Å². The van der Waals surface area contributed by atoms with Crippen molar-refractivity contribution in [3.63, 3.8) is 0 Å². The Balaban J connectivity index is 1.78. The van der Waals surface area contributed by atoms with E-state index in [9.17, 15) is 15.3 Å². The molecule has 0 heterocycles. The summed E-state index contributed by atoms with van der Waals surface area (Å²) in [5.74, 6) is 1.79. The van der Waals surface area contributed by atoms with E-state index in [1.165, 1.54) is 0 Å². The molecule has 0 spiro atoms. The molecule has 4 aromatic rings. The summed E-state index contributed by atoms with van der Waals surface area (Å²) in [5, 5.41) is 30.0. The minimum Gasteiger partial charge on any atom is -0.508 e. The van der Waals surface area contributed by atoms with Crippen LogP contribution in [0.25, 0.3) is 0 Å². The minimum atomic E-state index is 0.180. The van der Waals surface area contributed by atoms with Crippen molar-refractivity contribution in [3.8, 4) is 28.7 Å². The number of nitrogens with zero attached hydrogens (tertiary/aromatic N) is 1. The van der Waals surface area contributed by atoms with Gasteiger partial charge < -0.3 is 25.0 Å². The Morgan fingerprint density at radius 1 is 0.531 bits per heavy atom. The molecule has 4 rings (SSSR count). The van der Waals surface area contributed by atoms with Crippen LogP contribution < -0.4 is 9.64 Å². The van der Waals surface area contributed by atoms with E-state index in [-0.39, 0.29) is 17.2 Å². The molecule has 0 aliphatic carbocycles. The quantitative estimate of drug-likeness (QED) is 0.320. The number of benzene rings is 4. The van der Waals surface area contributed by atoms with Gasteiger partial charge in [0.05, 0.1) is 0 Å². The zero-order chi connectivity index (χ0) is 22.8. The van der Waals surface area contributed by atoms with Crippen LogP contribution in [0.2, 0.25) is 0 Å². The number of rotatable bonds is 5. The molecule has 0 aromatic heterocycles. The normalized spacial score (nSPS) is 10.7.